The van der Waals surface area contributed by atoms with Gasteiger partial charge in [-0.15, -0.1) is 0 Å². The summed E-state index contributed by atoms with van der Waals surface area (Å²) in [6.45, 7) is 6.37. The zero-order chi connectivity index (χ0) is 18.4. The summed E-state index contributed by atoms with van der Waals surface area (Å²) in [5.74, 6) is 1.15. The number of nitrogens with zero attached hydrogens (tertiary/aromatic N) is 1. The normalized spacial score (nSPS) is 23.5. The van der Waals surface area contributed by atoms with Gasteiger partial charge >= 0.3 is 0 Å². The summed E-state index contributed by atoms with van der Waals surface area (Å²) in [6.07, 6.45) is 5.44. The van der Waals surface area contributed by atoms with E-state index >= 15 is 0 Å². The third-order valence-corrected chi connectivity index (χ3v) is 5.82. The Morgan fingerprint density at radius 3 is 2.58 bits per heavy atom. The number of allylic oxidation sites excluding steroid dienone is 2. The number of aryl methyl sites for hydroxylation is 1. The van der Waals surface area contributed by atoms with Crippen LogP contribution in [0.25, 0.3) is 0 Å². The van der Waals surface area contributed by atoms with Crippen LogP contribution in [0, 0.1) is 23.0 Å². The molecule has 0 bridgehead atoms. The van der Waals surface area contributed by atoms with Gasteiger partial charge in [0, 0.05) is 23.7 Å². The van der Waals surface area contributed by atoms with E-state index in [1.165, 1.54) is 11.1 Å². The van der Waals surface area contributed by atoms with E-state index in [0.717, 1.165) is 23.2 Å². The van der Waals surface area contributed by atoms with E-state index < -0.39 is 0 Å². The zero-order valence-electron chi connectivity index (χ0n) is 15.4. The molecule has 2 aliphatic rings. The van der Waals surface area contributed by atoms with Crippen molar-refractivity contribution in [2.24, 2.45) is 5.92 Å². The Kier molecular flexibility index (Phi) is 4.06. The smallest absolute Gasteiger partial charge is 0.270 e. The zero-order valence-corrected chi connectivity index (χ0v) is 15.4. The highest BCUT2D eigenvalue weighted by atomic mass is 16.6. The molecule has 3 atom stereocenters. The number of nitro benzene ring substituents is 1. The summed E-state index contributed by atoms with van der Waals surface area (Å²) < 4.78 is 0. The molecule has 4 nitrogen and oxygen atoms in total. The molecule has 1 aliphatic carbocycles. The van der Waals surface area contributed by atoms with Gasteiger partial charge in [-0.1, -0.05) is 50.3 Å². The lowest BCUT2D eigenvalue weighted by molar-refractivity contribution is -0.385. The Labute approximate surface area is 154 Å². The number of fused-ring (bicyclic) bond motifs is 3. The lowest BCUT2D eigenvalue weighted by atomic mass is 9.76. The summed E-state index contributed by atoms with van der Waals surface area (Å²) in [5.41, 5.74) is 5.87. The van der Waals surface area contributed by atoms with Crippen LogP contribution in [0.5, 0.6) is 0 Å². The van der Waals surface area contributed by atoms with Gasteiger partial charge in [-0.25, -0.2) is 0 Å². The highest BCUT2D eigenvalue weighted by molar-refractivity contribution is 5.67. The summed E-state index contributed by atoms with van der Waals surface area (Å²) in [5, 5.41) is 15.0. The lowest BCUT2D eigenvalue weighted by Crippen LogP contribution is -2.29. The molecule has 4 heteroatoms. The van der Waals surface area contributed by atoms with Crippen molar-refractivity contribution >= 4 is 11.4 Å². The van der Waals surface area contributed by atoms with Crippen molar-refractivity contribution in [1.82, 2.24) is 0 Å². The number of benzene rings is 2. The average molecular weight is 348 g/mol. The van der Waals surface area contributed by atoms with Crippen molar-refractivity contribution in [3.8, 4) is 0 Å². The summed E-state index contributed by atoms with van der Waals surface area (Å²) in [4.78, 5) is 11.0. The molecule has 0 saturated carbocycles. The van der Waals surface area contributed by atoms with Crippen LogP contribution in [0.1, 0.15) is 60.4 Å². The largest absolute Gasteiger partial charge is 0.377 e. The molecular formula is C22H24N2O2. The van der Waals surface area contributed by atoms with E-state index in [0.29, 0.717) is 11.8 Å². The maximum absolute atomic E-state index is 11.3. The van der Waals surface area contributed by atoms with E-state index in [-0.39, 0.29) is 22.6 Å². The third-order valence-electron chi connectivity index (χ3n) is 5.82. The first-order valence-corrected chi connectivity index (χ1v) is 9.27. The molecule has 0 amide bonds. The van der Waals surface area contributed by atoms with Crippen molar-refractivity contribution < 1.29 is 4.92 Å². The molecule has 0 radical (unpaired) electrons. The highest BCUT2D eigenvalue weighted by Crippen LogP contribution is 2.51. The van der Waals surface area contributed by atoms with Crippen molar-refractivity contribution in [1.29, 1.82) is 0 Å². The number of nitro groups is 1. The van der Waals surface area contributed by atoms with Crippen LogP contribution in [-0.2, 0) is 0 Å². The summed E-state index contributed by atoms with van der Waals surface area (Å²) >= 11 is 0. The monoisotopic (exact) mass is 348 g/mol. The Bertz CT molecular complexity index is 884. The molecular weight excluding hydrogens is 324 g/mol. The van der Waals surface area contributed by atoms with Crippen molar-refractivity contribution in [2.75, 3.05) is 5.32 Å². The number of hydrogen-bond acceptors (Lipinski definition) is 3. The molecule has 0 spiro atoms. The van der Waals surface area contributed by atoms with Gasteiger partial charge < -0.3 is 5.32 Å². The van der Waals surface area contributed by atoms with Crippen LogP contribution in [0.15, 0.2) is 48.6 Å². The lowest BCUT2D eigenvalue weighted by Gasteiger charge is -2.38. The van der Waals surface area contributed by atoms with Gasteiger partial charge in [0.15, 0.2) is 0 Å². The first-order valence-electron chi connectivity index (χ1n) is 9.27. The summed E-state index contributed by atoms with van der Waals surface area (Å²) in [6, 6.07) is 12.5. The number of anilines is 1. The average Bonchev–Trinajstić information content (AvgIpc) is 3.11. The third kappa shape index (κ3) is 2.70. The molecule has 2 aromatic rings. The van der Waals surface area contributed by atoms with E-state index in [1.54, 1.807) is 12.1 Å². The van der Waals surface area contributed by atoms with Crippen LogP contribution in [0.3, 0.4) is 0 Å². The Balaban J connectivity index is 1.76. The van der Waals surface area contributed by atoms with Gasteiger partial charge in [0.05, 0.1) is 11.0 Å². The Morgan fingerprint density at radius 1 is 1.19 bits per heavy atom. The van der Waals surface area contributed by atoms with Gasteiger partial charge in [-0.05, 0) is 47.4 Å². The van der Waals surface area contributed by atoms with Crippen LogP contribution in [0.2, 0.25) is 0 Å². The molecule has 0 aromatic heterocycles. The van der Waals surface area contributed by atoms with Gasteiger partial charge in [0.1, 0.15) is 0 Å². The molecule has 134 valence electrons. The molecule has 4 rings (SSSR count). The minimum absolute atomic E-state index is 0.182. The Morgan fingerprint density at radius 2 is 1.92 bits per heavy atom. The first-order chi connectivity index (χ1) is 12.5. The molecule has 1 aliphatic heterocycles. The van der Waals surface area contributed by atoms with E-state index in [2.05, 4.69) is 55.6 Å². The van der Waals surface area contributed by atoms with Gasteiger partial charge in [0.2, 0.25) is 0 Å². The number of non-ortho nitro benzene ring substituents is 1. The van der Waals surface area contributed by atoms with Crippen LogP contribution in [0.4, 0.5) is 11.4 Å². The van der Waals surface area contributed by atoms with Crippen LogP contribution >= 0.6 is 0 Å². The fourth-order valence-electron chi connectivity index (χ4n) is 4.39. The first kappa shape index (κ1) is 16.8. The van der Waals surface area contributed by atoms with Crippen molar-refractivity contribution in [3.05, 3.63) is 80.9 Å². The minimum Gasteiger partial charge on any atom is -0.377 e. The van der Waals surface area contributed by atoms with Gasteiger partial charge in [-0.2, -0.15) is 0 Å². The second-order valence-electron chi connectivity index (χ2n) is 7.78. The fourth-order valence-corrected chi connectivity index (χ4v) is 4.39. The van der Waals surface area contributed by atoms with Crippen molar-refractivity contribution in [3.63, 3.8) is 0 Å². The summed E-state index contributed by atoms with van der Waals surface area (Å²) in [7, 11) is 0. The topological polar surface area (TPSA) is 55.2 Å². The minimum atomic E-state index is -0.294. The number of nitrogens with one attached hydrogen (secondary N) is 1. The SMILES string of the molecule is Cc1cc([N+](=O)[O-])cc2c1NC(c1ccc(C(C)C)cc1)C1CC=CC21. The standard InChI is InChI=1S/C22H24N2O2/c1-13(2)15-7-9-16(10-8-15)22-19-6-4-5-18(19)20-12-17(24(25)26)11-14(3)21(20)23-22/h4-5,7-13,18-19,22-23H,6H2,1-3H3. The van der Waals surface area contributed by atoms with E-state index in [1.807, 2.05) is 6.92 Å². The van der Waals surface area contributed by atoms with Gasteiger partial charge in [0.25, 0.3) is 5.69 Å². The van der Waals surface area contributed by atoms with Crippen molar-refractivity contribution in [2.45, 2.75) is 45.1 Å². The molecule has 0 saturated heterocycles. The molecule has 0 fully saturated rings. The molecule has 26 heavy (non-hydrogen) atoms. The number of hydrogen-bond donors (Lipinski definition) is 1. The highest BCUT2D eigenvalue weighted by Gasteiger charge is 2.39. The Hall–Kier alpha value is -2.62. The molecule has 2 aromatic carbocycles. The molecule has 3 unspecified atom stereocenters. The van der Waals surface area contributed by atoms with E-state index in [4.69, 9.17) is 0 Å². The maximum atomic E-state index is 11.3. The fraction of sp³-hybridized carbons (Fsp3) is 0.364. The van der Waals surface area contributed by atoms with Crippen LogP contribution < -0.4 is 5.32 Å². The maximum Gasteiger partial charge on any atom is 0.270 e. The number of rotatable bonds is 3. The second-order valence-corrected chi connectivity index (χ2v) is 7.78. The van der Waals surface area contributed by atoms with E-state index in [9.17, 15) is 10.1 Å². The van der Waals surface area contributed by atoms with Crippen LogP contribution in [-0.4, -0.2) is 4.92 Å². The molecule has 1 heterocycles. The predicted molar refractivity (Wildman–Crippen MR) is 105 cm³/mol. The van der Waals surface area contributed by atoms with Gasteiger partial charge in [-0.3, -0.25) is 10.1 Å². The molecule has 1 N–H and O–H groups in total. The predicted octanol–water partition coefficient (Wildman–Crippen LogP) is 5.85. The second kappa shape index (κ2) is 6.27. The quantitative estimate of drug-likeness (QED) is 0.430.